The minimum Gasteiger partial charge on any atom is -0.279 e. The highest BCUT2D eigenvalue weighted by Crippen LogP contribution is 2.63. The molecule has 4 aliphatic rings. The highest BCUT2D eigenvalue weighted by Gasteiger charge is 2.68. The number of carbonyl (C=O) groups is 2. The predicted octanol–water partition coefficient (Wildman–Crippen LogP) is 6.10. The summed E-state index contributed by atoms with van der Waals surface area (Å²) in [6, 6.07) is 33.5. The van der Waals surface area contributed by atoms with Crippen molar-refractivity contribution in [3.63, 3.8) is 0 Å². The van der Waals surface area contributed by atoms with Crippen LogP contribution in [0.1, 0.15) is 28.2 Å². The first-order chi connectivity index (χ1) is 18.1. The Hall–Kier alpha value is -4.03. The van der Waals surface area contributed by atoms with Crippen molar-refractivity contribution in [1.29, 1.82) is 0 Å². The van der Waals surface area contributed by atoms with Crippen LogP contribution in [-0.2, 0) is 15.0 Å². The van der Waals surface area contributed by atoms with Crippen LogP contribution in [0.3, 0.4) is 0 Å². The topological polar surface area (TPSA) is 61.8 Å². The second kappa shape index (κ2) is 8.25. The molecular weight excluding hydrogens is 526 g/mol. The van der Waals surface area contributed by atoms with Gasteiger partial charge in [-0.1, -0.05) is 82.7 Å². The Morgan fingerprint density at radius 3 is 2.00 bits per heavy atom. The first-order valence-corrected chi connectivity index (χ1v) is 13.1. The maximum atomic E-state index is 14.3. The molecule has 4 aromatic rings. The molecule has 0 radical (unpaired) electrons. The van der Waals surface area contributed by atoms with Crippen LogP contribution < -0.4 is 10.3 Å². The van der Waals surface area contributed by atoms with E-state index in [1.165, 1.54) is 4.90 Å². The number of amides is 2. The standard InChI is InChI=1S/C31H22BrN3O2/c32-19-14-16-21(17-15-19)35-29(36)27-26-22-10-4-6-12-24(22)31(28(27)30(35)37,25-13-7-5-11-23(25)26)18-33-34-20-8-2-1-3-9-20/h1-18,26-28,34H/b33-18-/t26?,27-,28+,31?/m0/s1. The van der Waals surface area contributed by atoms with Crippen LogP contribution in [0.4, 0.5) is 11.4 Å². The average molecular weight is 548 g/mol. The summed E-state index contributed by atoms with van der Waals surface area (Å²) in [5.41, 5.74) is 7.96. The molecule has 37 heavy (non-hydrogen) atoms. The van der Waals surface area contributed by atoms with E-state index in [9.17, 15) is 9.59 Å². The molecular formula is C31H22BrN3O2. The normalized spacial score (nSPS) is 25.2. The summed E-state index contributed by atoms with van der Waals surface area (Å²) < 4.78 is 0.892. The van der Waals surface area contributed by atoms with E-state index in [0.29, 0.717) is 5.69 Å². The number of anilines is 2. The number of hydrogen-bond acceptors (Lipinski definition) is 4. The van der Waals surface area contributed by atoms with E-state index in [-0.39, 0.29) is 17.7 Å². The van der Waals surface area contributed by atoms with E-state index in [4.69, 9.17) is 5.10 Å². The van der Waals surface area contributed by atoms with Gasteiger partial charge in [0.2, 0.25) is 11.8 Å². The second-order valence-electron chi connectivity index (χ2n) is 9.75. The summed E-state index contributed by atoms with van der Waals surface area (Å²) in [7, 11) is 0. The summed E-state index contributed by atoms with van der Waals surface area (Å²) in [5.74, 6) is -1.63. The lowest BCUT2D eigenvalue weighted by molar-refractivity contribution is -0.122. The predicted molar refractivity (Wildman–Crippen MR) is 148 cm³/mol. The summed E-state index contributed by atoms with van der Waals surface area (Å²) in [6.07, 6.45) is 1.86. The van der Waals surface area contributed by atoms with E-state index in [1.54, 1.807) is 0 Å². The first kappa shape index (κ1) is 22.2. The fraction of sp³-hybridized carbons (Fsp3) is 0.129. The van der Waals surface area contributed by atoms with E-state index < -0.39 is 17.3 Å². The molecule has 2 amide bonds. The lowest BCUT2D eigenvalue weighted by atomic mass is 9.47. The molecule has 0 spiro atoms. The second-order valence-corrected chi connectivity index (χ2v) is 10.7. The Bertz CT molecular complexity index is 1530. The molecule has 1 saturated heterocycles. The lowest BCUT2D eigenvalue weighted by Gasteiger charge is -2.52. The Labute approximate surface area is 223 Å². The molecule has 6 heteroatoms. The number of nitrogens with one attached hydrogen (secondary N) is 1. The highest BCUT2D eigenvalue weighted by molar-refractivity contribution is 9.10. The van der Waals surface area contributed by atoms with Crippen LogP contribution in [0.15, 0.2) is 113 Å². The van der Waals surface area contributed by atoms with Crippen molar-refractivity contribution in [2.24, 2.45) is 16.9 Å². The molecule has 8 rings (SSSR count). The summed E-state index contributed by atoms with van der Waals surface area (Å²) in [5, 5.41) is 4.70. The lowest BCUT2D eigenvalue weighted by Crippen LogP contribution is -2.54. The number of para-hydroxylation sites is 1. The van der Waals surface area contributed by atoms with Gasteiger partial charge in [-0.05, 0) is 58.7 Å². The SMILES string of the molecule is O=C1[C@H]2C3c4ccccc4C(/C=N\Nc4ccccc4)(c4ccccc43)[C@H]2C(=O)N1c1ccc(Br)cc1. The Morgan fingerprint density at radius 1 is 0.757 bits per heavy atom. The Kier molecular flexibility index (Phi) is 4.95. The van der Waals surface area contributed by atoms with Crippen molar-refractivity contribution in [3.8, 4) is 0 Å². The van der Waals surface area contributed by atoms with Crippen LogP contribution in [0.5, 0.6) is 0 Å². The zero-order valence-electron chi connectivity index (χ0n) is 19.7. The van der Waals surface area contributed by atoms with Crippen molar-refractivity contribution in [2.75, 3.05) is 10.3 Å². The molecule has 1 fully saturated rings. The molecule has 4 aromatic carbocycles. The Morgan fingerprint density at radius 2 is 1.35 bits per heavy atom. The minimum atomic E-state index is -0.884. The molecule has 1 aliphatic heterocycles. The van der Waals surface area contributed by atoms with E-state index >= 15 is 0 Å². The monoisotopic (exact) mass is 547 g/mol. The zero-order valence-corrected chi connectivity index (χ0v) is 21.3. The molecule has 5 nitrogen and oxygen atoms in total. The molecule has 2 atom stereocenters. The van der Waals surface area contributed by atoms with Crippen LogP contribution >= 0.6 is 15.9 Å². The molecule has 180 valence electrons. The van der Waals surface area contributed by atoms with Crippen molar-refractivity contribution in [1.82, 2.24) is 0 Å². The molecule has 0 aromatic heterocycles. The van der Waals surface area contributed by atoms with E-state index in [1.807, 2.05) is 85.1 Å². The van der Waals surface area contributed by atoms with Crippen LogP contribution in [0.2, 0.25) is 0 Å². The number of nitrogens with zero attached hydrogens (tertiary/aromatic N) is 2. The number of hydrazone groups is 1. The number of rotatable bonds is 4. The van der Waals surface area contributed by atoms with Gasteiger partial charge in [-0.2, -0.15) is 5.10 Å². The van der Waals surface area contributed by atoms with Gasteiger partial charge < -0.3 is 0 Å². The molecule has 0 saturated carbocycles. The number of benzene rings is 4. The van der Waals surface area contributed by atoms with E-state index in [0.717, 1.165) is 32.4 Å². The van der Waals surface area contributed by atoms with E-state index in [2.05, 4.69) is 45.6 Å². The molecule has 2 bridgehead atoms. The van der Waals surface area contributed by atoms with Crippen LogP contribution in [-0.4, -0.2) is 18.0 Å². The van der Waals surface area contributed by atoms with Crippen molar-refractivity contribution >= 4 is 45.3 Å². The average Bonchev–Trinajstić information content (AvgIpc) is 3.21. The molecule has 3 aliphatic carbocycles. The van der Waals surface area contributed by atoms with Crippen molar-refractivity contribution in [3.05, 3.63) is 130 Å². The highest BCUT2D eigenvalue weighted by atomic mass is 79.9. The van der Waals surface area contributed by atoms with Crippen molar-refractivity contribution in [2.45, 2.75) is 11.3 Å². The van der Waals surface area contributed by atoms with Gasteiger partial charge in [0, 0.05) is 16.6 Å². The minimum absolute atomic E-state index is 0.153. The van der Waals surface area contributed by atoms with Gasteiger partial charge in [-0.25, -0.2) is 4.90 Å². The molecule has 1 N–H and O–H groups in total. The van der Waals surface area contributed by atoms with Gasteiger partial charge in [-0.3, -0.25) is 15.0 Å². The molecule has 0 unspecified atom stereocenters. The largest absolute Gasteiger partial charge is 0.279 e. The third-order valence-electron chi connectivity index (χ3n) is 8.00. The van der Waals surface area contributed by atoms with Gasteiger partial charge >= 0.3 is 0 Å². The zero-order chi connectivity index (χ0) is 25.1. The van der Waals surface area contributed by atoms with Gasteiger partial charge in [0.1, 0.15) is 0 Å². The summed E-state index contributed by atoms with van der Waals surface area (Å²) in [4.78, 5) is 29.8. The van der Waals surface area contributed by atoms with Crippen LogP contribution in [0.25, 0.3) is 0 Å². The van der Waals surface area contributed by atoms with Crippen molar-refractivity contribution < 1.29 is 9.59 Å². The number of hydrogen-bond donors (Lipinski definition) is 1. The third-order valence-corrected chi connectivity index (χ3v) is 8.53. The maximum absolute atomic E-state index is 14.3. The van der Waals surface area contributed by atoms with Gasteiger partial charge in [-0.15, -0.1) is 0 Å². The van der Waals surface area contributed by atoms with Crippen LogP contribution in [0, 0.1) is 11.8 Å². The third kappa shape index (κ3) is 3.05. The van der Waals surface area contributed by atoms with Gasteiger partial charge in [0.05, 0.1) is 28.6 Å². The fourth-order valence-corrected chi connectivity index (χ4v) is 6.88. The maximum Gasteiger partial charge on any atom is 0.239 e. The van der Waals surface area contributed by atoms with Gasteiger partial charge in [0.15, 0.2) is 0 Å². The Balaban J connectivity index is 1.45. The smallest absolute Gasteiger partial charge is 0.239 e. The number of imide groups is 1. The van der Waals surface area contributed by atoms with Gasteiger partial charge in [0.25, 0.3) is 0 Å². The quantitative estimate of drug-likeness (QED) is 0.191. The number of carbonyl (C=O) groups excluding carboxylic acids is 2. The first-order valence-electron chi connectivity index (χ1n) is 12.3. The molecule has 1 heterocycles. The summed E-state index contributed by atoms with van der Waals surface area (Å²) >= 11 is 3.46. The number of halogens is 1. The summed E-state index contributed by atoms with van der Waals surface area (Å²) in [6.45, 7) is 0. The fourth-order valence-electron chi connectivity index (χ4n) is 6.62.